The van der Waals surface area contributed by atoms with Crippen LogP contribution in [0.3, 0.4) is 0 Å². The fourth-order valence-corrected chi connectivity index (χ4v) is 2.65. The highest BCUT2D eigenvalue weighted by molar-refractivity contribution is 9.10. The molecule has 0 aromatic heterocycles. The highest BCUT2D eigenvalue weighted by Crippen LogP contribution is 2.25. The Morgan fingerprint density at radius 3 is 2.61 bits per heavy atom. The number of benzene rings is 1. The monoisotopic (exact) mass is 309 g/mol. The van der Waals surface area contributed by atoms with Gasteiger partial charge in [-0.05, 0) is 38.6 Å². The maximum absolute atomic E-state index is 8.90. The minimum absolute atomic E-state index is 0.00315. The fourth-order valence-electron chi connectivity index (χ4n) is 2.24. The molecule has 0 bridgehead atoms. The van der Waals surface area contributed by atoms with Crippen LogP contribution >= 0.6 is 15.9 Å². The van der Waals surface area contributed by atoms with Crippen LogP contribution in [0.2, 0.25) is 0 Å². The molecule has 0 amide bonds. The molecule has 0 aliphatic rings. The summed E-state index contributed by atoms with van der Waals surface area (Å²) in [6, 6.07) is 10.6. The van der Waals surface area contributed by atoms with Crippen molar-refractivity contribution < 1.29 is 0 Å². The SMILES string of the molecule is CC(C#N)CN(C)C(c1cccc(Br)c1)C(C)N. The number of nitrogens with two attached hydrogens (primary N) is 1. The van der Waals surface area contributed by atoms with Gasteiger partial charge >= 0.3 is 0 Å². The number of hydrogen-bond donors (Lipinski definition) is 1. The first-order chi connectivity index (χ1) is 8.45. The topological polar surface area (TPSA) is 53.0 Å². The number of halogens is 1. The van der Waals surface area contributed by atoms with Gasteiger partial charge in [0.25, 0.3) is 0 Å². The van der Waals surface area contributed by atoms with Crippen molar-refractivity contribution in [2.45, 2.75) is 25.9 Å². The molecule has 0 saturated carbocycles. The lowest BCUT2D eigenvalue weighted by Gasteiger charge is -2.32. The molecule has 0 aliphatic heterocycles. The van der Waals surface area contributed by atoms with Crippen LogP contribution in [-0.4, -0.2) is 24.5 Å². The van der Waals surface area contributed by atoms with Crippen molar-refractivity contribution in [3.8, 4) is 6.07 Å². The molecule has 18 heavy (non-hydrogen) atoms. The van der Waals surface area contributed by atoms with E-state index in [2.05, 4.69) is 39.0 Å². The van der Waals surface area contributed by atoms with E-state index < -0.39 is 0 Å². The zero-order valence-electron chi connectivity index (χ0n) is 11.1. The van der Waals surface area contributed by atoms with Crippen LogP contribution < -0.4 is 5.73 Å². The molecule has 0 spiro atoms. The second-order valence-electron chi connectivity index (χ2n) is 4.83. The van der Waals surface area contributed by atoms with E-state index in [9.17, 15) is 0 Å². The molecule has 0 radical (unpaired) electrons. The average Bonchev–Trinajstić information content (AvgIpc) is 2.28. The molecule has 0 saturated heterocycles. The summed E-state index contributed by atoms with van der Waals surface area (Å²) < 4.78 is 1.05. The molecule has 2 N–H and O–H groups in total. The predicted octanol–water partition coefficient (Wildman–Crippen LogP) is 2.93. The van der Waals surface area contributed by atoms with Crippen LogP contribution in [0, 0.1) is 17.2 Å². The maximum Gasteiger partial charge on any atom is 0.0666 e. The number of rotatable bonds is 5. The molecular weight excluding hydrogens is 290 g/mol. The van der Waals surface area contributed by atoms with E-state index in [-0.39, 0.29) is 18.0 Å². The Morgan fingerprint density at radius 2 is 2.11 bits per heavy atom. The third kappa shape index (κ3) is 4.09. The van der Waals surface area contributed by atoms with Gasteiger partial charge in [-0.2, -0.15) is 5.26 Å². The van der Waals surface area contributed by atoms with Crippen LogP contribution in [0.5, 0.6) is 0 Å². The predicted molar refractivity (Wildman–Crippen MR) is 77.9 cm³/mol. The Balaban J connectivity index is 2.93. The van der Waals surface area contributed by atoms with E-state index >= 15 is 0 Å². The van der Waals surface area contributed by atoms with Crippen LogP contribution in [0.15, 0.2) is 28.7 Å². The lowest BCUT2D eigenvalue weighted by atomic mass is 9.98. The first-order valence-corrected chi connectivity index (χ1v) is 6.86. The lowest BCUT2D eigenvalue weighted by molar-refractivity contribution is 0.205. The third-order valence-electron chi connectivity index (χ3n) is 2.95. The van der Waals surface area contributed by atoms with Crippen LogP contribution in [-0.2, 0) is 0 Å². The smallest absolute Gasteiger partial charge is 0.0666 e. The van der Waals surface area contributed by atoms with Crippen LogP contribution in [0.1, 0.15) is 25.5 Å². The van der Waals surface area contributed by atoms with E-state index in [1.54, 1.807) is 0 Å². The van der Waals surface area contributed by atoms with Gasteiger partial charge in [0.15, 0.2) is 0 Å². The van der Waals surface area contributed by atoms with Crippen molar-refractivity contribution in [1.29, 1.82) is 5.26 Å². The van der Waals surface area contributed by atoms with E-state index in [0.29, 0.717) is 0 Å². The maximum atomic E-state index is 8.90. The van der Waals surface area contributed by atoms with Gasteiger partial charge < -0.3 is 5.73 Å². The van der Waals surface area contributed by atoms with E-state index in [4.69, 9.17) is 11.0 Å². The summed E-state index contributed by atoms with van der Waals surface area (Å²) in [5.74, 6) is 0.00315. The first kappa shape index (κ1) is 15.2. The van der Waals surface area contributed by atoms with Gasteiger partial charge in [0.1, 0.15) is 0 Å². The standard InChI is InChI=1S/C14H20BrN3/c1-10(8-16)9-18(3)14(11(2)17)12-5-4-6-13(15)7-12/h4-7,10-11,14H,9,17H2,1-3H3. The summed E-state index contributed by atoms with van der Waals surface area (Å²) in [5.41, 5.74) is 7.27. The highest BCUT2D eigenvalue weighted by atomic mass is 79.9. The van der Waals surface area contributed by atoms with Crippen LogP contribution in [0.4, 0.5) is 0 Å². The minimum Gasteiger partial charge on any atom is -0.326 e. The van der Waals surface area contributed by atoms with Crippen LogP contribution in [0.25, 0.3) is 0 Å². The molecule has 0 heterocycles. The quantitative estimate of drug-likeness (QED) is 0.910. The lowest BCUT2D eigenvalue weighted by Crippen LogP contribution is -2.39. The minimum atomic E-state index is 0.00315. The second kappa shape index (κ2) is 6.89. The number of hydrogen-bond acceptors (Lipinski definition) is 3. The Labute approximate surface area is 118 Å². The van der Waals surface area contributed by atoms with E-state index in [0.717, 1.165) is 11.0 Å². The zero-order chi connectivity index (χ0) is 13.7. The first-order valence-electron chi connectivity index (χ1n) is 6.06. The van der Waals surface area contributed by atoms with Gasteiger partial charge in [-0.1, -0.05) is 28.1 Å². The van der Waals surface area contributed by atoms with Crippen molar-refractivity contribution >= 4 is 15.9 Å². The summed E-state index contributed by atoms with van der Waals surface area (Å²) in [5, 5.41) is 8.90. The summed E-state index contributed by atoms with van der Waals surface area (Å²) in [4.78, 5) is 2.15. The molecule has 3 unspecified atom stereocenters. The molecule has 3 nitrogen and oxygen atoms in total. The largest absolute Gasteiger partial charge is 0.326 e. The Morgan fingerprint density at radius 1 is 1.44 bits per heavy atom. The van der Waals surface area contributed by atoms with Crippen molar-refractivity contribution in [3.05, 3.63) is 34.3 Å². The normalized spacial score (nSPS) is 16.1. The van der Waals surface area contributed by atoms with Gasteiger partial charge in [-0.3, -0.25) is 4.90 Å². The zero-order valence-corrected chi connectivity index (χ0v) is 12.7. The molecule has 0 aliphatic carbocycles. The third-order valence-corrected chi connectivity index (χ3v) is 3.44. The molecule has 1 aromatic carbocycles. The molecule has 4 heteroatoms. The molecule has 0 fully saturated rings. The van der Waals surface area contributed by atoms with Gasteiger partial charge in [-0.15, -0.1) is 0 Å². The van der Waals surface area contributed by atoms with Crippen molar-refractivity contribution in [1.82, 2.24) is 4.90 Å². The summed E-state index contributed by atoms with van der Waals surface area (Å²) in [6.45, 7) is 4.64. The summed E-state index contributed by atoms with van der Waals surface area (Å²) in [6.07, 6.45) is 0. The number of nitrogens with zero attached hydrogens (tertiary/aromatic N) is 2. The Kier molecular flexibility index (Phi) is 5.80. The highest BCUT2D eigenvalue weighted by Gasteiger charge is 2.22. The van der Waals surface area contributed by atoms with Crippen molar-refractivity contribution in [2.75, 3.05) is 13.6 Å². The second-order valence-corrected chi connectivity index (χ2v) is 5.74. The molecule has 98 valence electrons. The molecular formula is C14H20BrN3. The van der Waals surface area contributed by atoms with Gasteiger partial charge in [0.05, 0.1) is 12.0 Å². The van der Waals surface area contributed by atoms with E-state index in [1.807, 2.05) is 33.0 Å². The fraction of sp³-hybridized carbons (Fsp3) is 0.500. The number of likely N-dealkylation sites (N-methyl/N-ethyl adjacent to an activating group) is 1. The Bertz CT molecular complexity index is 425. The summed E-state index contributed by atoms with van der Waals surface area (Å²) in [7, 11) is 2.02. The number of nitriles is 1. The molecule has 1 aromatic rings. The molecule has 3 atom stereocenters. The van der Waals surface area contributed by atoms with Gasteiger partial charge in [0, 0.05) is 23.1 Å². The van der Waals surface area contributed by atoms with E-state index in [1.165, 1.54) is 5.56 Å². The van der Waals surface area contributed by atoms with Gasteiger partial charge in [0.2, 0.25) is 0 Å². The van der Waals surface area contributed by atoms with Crippen molar-refractivity contribution in [3.63, 3.8) is 0 Å². The summed E-state index contributed by atoms with van der Waals surface area (Å²) >= 11 is 3.48. The Hall–Kier alpha value is -0.890. The van der Waals surface area contributed by atoms with Crippen molar-refractivity contribution in [2.24, 2.45) is 11.7 Å². The average molecular weight is 310 g/mol. The molecule has 1 rings (SSSR count). The van der Waals surface area contributed by atoms with Gasteiger partial charge in [-0.25, -0.2) is 0 Å².